The van der Waals surface area contributed by atoms with E-state index in [0.717, 1.165) is 42.9 Å². The average Bonchev–Trinajstić information content (AvgIpc) is 2.84. The molecule has 110 valence electrons. The number of nitrogens with two attached hydrogens (primary N) is 1. The summed E-state index contributed by atoms with van der Waals surface area (Å²) in [5.41, 5.74) is 8.39. The van der Waals surface area contributed by atoms with Crippen LogP contribution in [0, 0.1) is 0 Å². The first-order chi connectivity index (χ1) is 9.77. The molecule has 0 amide bonds. The summed E-state index contributed by atoms with van der Waals surface area (Å²) >= 11 is 0. The number of methoxy groups -OCH3 is 2. The topological polar surface area (TPSA) is 62.3 Å². The lowest BCUT2D eigenvalue weighted by molar-refractivity contribution is 0.184. The van der Waals surface area contributed by atoms with Gasteiger partial charge in [0.05, 0.1) is 23.7 Å². The van der Waals surface area contributed by atoms with Crippen LogP contribution < -0.4 is 5.73 Å². The molecule has 1 heterocycles. The zero-order valence-corrected chi connectivity index (χ0v) is 12.2. The monoisotopic (exact) mass is 277 g/mol. The second-order valence-corrected chi connectivity index (χ2v) is 4.84. The Labute approximate surface area is 119 Å². The molecule has 1 atom stereocenters. The third kappa shape index (κ3) is 3.36. The molecule has 0 aliphatic rings. The fraction of sp³-hybridized carbons (Fsp3) is 0.533. The minimum Gasteiger partial charge on any atom is -0.385 e. The maximum Gasteiger partial charge on any atom is 0.126 e. The number of nitrogens with zero attached hydrogens (tertiary/aromatic N) is 2. The number of rotatable bonds is 8. The van der Waals surface area contributed by atoms with E-state index in [1.54, 1.807) is 14.2 Å². The summed E-state index contributed by atoms with van der Waals surface area (Å²) in [4.78, 5) is 4.69. The van der Waals surface area contributed by atoms with Crippen molar-refractivity contribution in [2.75, 3.05) is 27.4 Å². The molecule has 0 saturated heterocycles. The van der Waals surface area contributed by atoms with Gasteiger partial charge < -0.3 is 19.8 Å². The zero-order valence-electron chi connectivity index (χ0n) is 12.2. The largest absolute Gasteiger partial charge is 0.385 e. The zero-order chi connectivity index (χ0) is 14.4. The fourth-order valence-electron chi connectivity index (χ4n) is 2.37. The Morgan fingerprint density at radius 3 is 2.70 bits per heavy atom. The maximum atomic E-state index is 6.29. The van der Waals surface area contributed by atoms with Gasteiger partial charge in [0.15, 0.2) is 0 Å². The van der Waals surface area contributed by atoms with Gasteiger partial charge in [0.1, 0.15) is 5.82 Å². The lowest BCUT2D eigenvalue weighted by Crippen LogP contribution is -2.18. The smallest absolute Gasteiger partial charge is 0.126 e. The molecule has 0 aliphatic carbocycles. The van der Waals surface area contributed by atoms with Crippen LogP contribution in [-0.2, 0) is 16.0 Å². The molecule has 1 aromatic heterocycles. The number of para-hydroxylation sites is 2. The highest BCUT2D eigenvalue weighted by Gasteiger charge is 2.16. The van der Waals surface area contributed by atoms with Gasteiger partial charge >= 0.3 is 0 Å². The van der Waals surface area contributed by atoms with Crippen molar-refractivity contribution in [2.24, 2.45) is 5.73 Å². The Morgan fingerprint density at radius 2 is 1.95 bits per heavy atom. The highest BCUT2D eigenvalue weighted by atomic mass is 16.5. The molecular weight excluding hydrogens is 254 g/mol. The first kappa shape index (κ1) is 15.0. The molecule has 2 aromatic rings. The molecule has 1 aromatic carbocycles. The van der Waals surface area contributed by atoms with Crippen LogP contribution in [0.25, 0.3) is 11.0 Å². The number of benzene rings is 1. The van der Waals surface area contributed by atoms with E-state index in [0.29, 0.717) is 6.61 Å². The molecule has 20 heavy (non-hydrogen) atoms. The van der Waals surface area contributed by atoms with E-state index in [4.69, 9.17) is 15.2 Å². The predicted octanol–water partition coefficient (Wildman–Crippen LogP) is 2.11. The van der Waals surface area contributed by atoms with Crippen LogP contribution in [0.4, 0.5) is 0 Å². The van der Waals surface area contributed by atoms with E-state index >= 15 is 0 Å². The van der Waals surface area contributed by atoms with Crippen molar-refractivity contribution >= 4 is 11.0 Å². The van der Waals surface area contributed by atoms with Crippen molar-refractivity contribution in [1.82, 2.24) is 9.55 Å². The van der Waals surface area contributed by atoms with Crippen molar-refractivity contribution in [1.29, 1.82) is 0 Å². The van der Waals surface area contributed by atoms with E-state index in [-0.39, 0.29) is 6.04 Å². The molecule has 0 radical (unpaired) electrons. The minimum atomic E-state index is -0.0746. The summed E-state index contributed by atoms with van der Waals surface area (Å²) in [7, 11) is 3.41. The molecule has 0 bridgehead atoms. The van der Waals surface area contributed by atoms with Gasteiger partial charge in [-0.05, 0) is 25.0 Å². The quantitative estimate of drug-likeness (QED) is 0.751. The maximum absolute atomic E-state index is 6.29. The molecule has 0 fully saturated rings. The predicted molar refractivity (Wildman–Crippen MR) is 79.6 cm³/mol. The summed E-state index contributed by atoms with van der Waals surface area (Å²) < 4.78 is 12.4. The molecule has 0 aliphatic heterocycles. The summed E-state index contributed by atoms with van der Waals surface area (Å²) in [6.45, 7) is 2.15. The Balaban J connectivity index is 2.25. The summed E-state index contributed by atoms with van der Waals surface area (Å²) in [6, 6.07) is 8.03. The van der Waals surface area contributed by atoms with Crippen LogP contribution in [0.15, 0.2) is 24.3 Å². The van der Waals surface area contributed by atoms with Gasteiger partial charge in [0, 0.05) is 27.4 Å². The highest BCUT2D eigenvalue weighted by molar-refractivity contribution is 5.76. The van der Waals surface area contributed by atoms with Gasteiger partial charge in [0.25, 0.3) is 0 Å². The molecule has 5 nitrogen and oxygen atoms in total. The van der Waals surface area contributed by atoms with Gasteiger partial charge in [-0.1, -0.05) is 12.1 Å². The van der Waals surface area contributed by atoms with E-state index in [1.807, 2.05) is 18.2 Å². The van der Waals surface area contributed by atoms with Crippen molar-refractivity contribution < 1.29 is 9.47 Å². The number of ether oxygens (including phenoxy) is 2. The van der Waals surface area contributed by atoms with Crippen molar-refractivity contribution in [3.05, 3.63) is 30.1 Å². The van der Waals surface area contributed by atoms with E-state index < -0.39 is 0 Å². The minimum absolute atomic E-state index is 0.0746. The third-order valence-electron chi connectivity index (χ3n) is 3.40. The molecule has 2 N–H and O–H groups in total. The SMILES string of the molecule is COCCCC(N)c1nc2ccccc2n1CCOC. The summed E-state index contributed by atoms with van der Waals surface area (Å²) in [5.74, 6) is 0.930. The van der Waals surface area contributed by atoms with Crippen LogP contribution in [0.1, 0.15) is 24.7 Å². The van der Waals surface area contributed by atoms with Crippen LogP contribution in [-0.4, -0.2) is 37.0 Å². The first-order valence-electron chi connectivity index (χ1n) is 6.96. The molecule has 0 saturated carbocycles. The molecule has 0 spiro atoms. The van der Waals surface area contributed by atoms with Gasteiger partial charge in [0.2, 0.25) is 0 Å². The lowest BCUT2D eigenvalue weighted by Gasteiger charge is -2.14. The molecule has 1 unspecified atom stereocenters. The Bertz CT molecular complexity index is 539. The van der Waals surface area contributed by atoms with Crippen molar-refractivity contribution in [3.63, 3.8) is 0 Å². The normalized spacial score (nSPS) is 12.9. The van der Waals surface area contributed by atoms with Gasteiger partial charge in [-0.3, -0.25) is 0 Å². The van der Waals surface area contributed by atoms with Crippen LogP contribution in [0.2, 0.25) is 0 Å². The van der Waals surface area contributed by atoms with Gasteiger partial charge in [-0.2, -0.15) is 0 Å². The Kier molecular flexibility index (Phi) is 5.52. The van der Waals surface area contributed by atoms with Crippen LogP contribution in [0.5, 0.6) is 0 Å². The van der Waals surface area contributed by atoms with Crippen molar-refractivity contribution in [3.8, 4) is 0 Å². The highest BCUT2D eigenvalue weighted by Crippen LogP contribution is 2.22. The van der Waals surface area contributed by atoms with Crippen LogP contribution >= 0.6 is 0 Å². The first-order valence-corrected chi connectivity index (χ1v) is 6.96. The number of imidazole rings is 1. The molecular formula is C15H23N3O2. The fourth-order valence-corrected chi connectivity index (χ4v) is 2.37. The third-order valence-corrected chi connectivity index (χ3v) is 3.40. The van der Waals surface area contributed by atoms with E-state index in [9.17, 15) is 0 Å². The average molecular weight is 277 g/mol. The number of hydrogen-bond acceptors (Lipinski definition) is 4. The molecule has 5 heteroatoms. The van der Waals surface area contributed by atoms with E-state index in [2.05, 4.69) is 15.6 Å². The summed E-state index contributed by atoms with van der Waals surface area (Å²) in [5, 5.41) is 0. The van der Waals surface area contributed by atoms with Gasteiger partial charge in [-0.15, -0.1) is 0 Å². The Hall–Kier alpha value is -1.43. The standard InChI is InChI=1S/C15H23N3O2/c1-19-10-5-6-12(16)15-17-13-7-3-4-8-14(13)18(15)9-11-20-2/h3-4,7-8,12H,5-6,9-11,16H2,1-2H3. The number of aromatic nitrogens is 2. The second-order valence-electron chi connectivity index (χ2n) is 4.84. The van der Waals surface area contributed by atoms with Crippen molar-refractivity contribution in [2.45, 2.75) is 25.4 Å². The lowest BCUT2D eigenvalue weighted by atomic mass is 10.1. The second kappa shape index (κ2) is 7.38. The van der Waals surface area contributed by atoms with Crippen LogP contribution in [0.3, 0.4) is 0 Å². The number of hydrogen-bond donors (Lipinski definition) is 1. The van der Waals surface area contributed by atoms with E-state index in [1.165, 1.54) is 0 Å². The van der Waals surface area contributed by atoms with Gasteiger partial charge in [-0.25, -0.2) is 4.98 Å². The Morgan fingerprint density at radius 1 is 1.20 bits per heavy atom. The molecule has 2 rings (SSSR count). The number of fused-ring (bicyclic) bond motifs is 1. The summed E-state index contributed by atoms with van der Waals surface area (Å²) in [6.07, 6.45) is 1.80.